The van der Waals surface area contributed by atoms with Crippen LogP contribution in [0.5, 0.6) is 0 Å². The summed E-state index contributed by atoms with van der Waals surface area (Å²) in [5.74, 6) is 1.59. The van der Waals surface area contributed by atoms with Crippen LogP contribution in [0.4, 0.5) is 0 Å². The number of carbonyl (C=O) groups excluding carboxylic acids is 1. The van der Waals surface area contributed by atoms with E-state index in [1.807, 2.05) is 0 Å². The van der Waals surface area contributed by atoms with Crippen LogP contribution >= 0.6 is 0 Å². The number of nitrogens with zero attached hydrogens (tertiary/aromatic N) is 1. The van der Waals surface area contributed by atoms with Gasteiger partial charge in [-0.2, -0.15) is 5.10 Å². The van der Waals surface area contributed by atoms with Gasteiger partial charge in [0.05, 0.1) is 0 Å². The molecule has 2 aliphatic rings. The van der Waals surface area contributed by atoms with E-state index in [1.165, 1.54) is 38.5 Å². The molecule has 1 aromatic rings. The lowest BCUT2D eigenvalue weighted by atomic mass is 9.85. The highest BCUT2D eigenvalue weighted by Crippen LogP contribution is 2.44. The second-order valence-electron chi connectivity index (χ2n) is 5.35. The first-order valence-corrected chi connectivity index (χ1v) is 6.65. The van der Waals surface area contributed by atoms with Crippen LogP contribution < -0.4 is 5.32 Å². The van der Waals surface area contributed by atoms with Gasteiger partial charge in [-0.05, 0) is 24.3 Å². The van der Waals surface area contributed by atoms with Gasteiger partial charge in [0.1, 0.15) is 5.69 Å². The average Bonchev–Trinajstić information content (AvgIpc) is 2.92. The maximum absolute atomic E-state index is 11.8. The molecule has 2 unspecified atom stereocenters. The van der Waals surface area contributed by atoms with Crippen molar-refractivity contribution in [2.45, 2.75) is 44.6 Å². The Morgan fingerprint density at radius 1 is 1.35 bits per heavy atom. The molecule has 4 nitrogen and oxygen atoms in total. The molecule has 1 aromatic heterocycles. The van der Waals surface area contributed by atoms with Gasteiger partial charge in [-0.25, -0.2) is 0 Å². The van der Waals surface area contributed by atoms with Crippen LogP contribution in [0.2, 0.25) is 0 Å². The molecule has 3 rings (SSSR count). The lowest BCUT2D eigenvalue weighted by molar-refractivity contribution is 0.0941. The summed E-state index contributed by atoms with van der Waals surface area (Å²) in [6.07, 6.45) is 9.66. The summed E-state index contributed by atoms with van der Waals surface area (Å²) in [4.78, 5) is 11.8. The Bertz CT molecular complexity index is 381. The van der Waals surface area contributed by atoms with Crippen LogP contribution in [-0.4, -0.2) is 22.1 Å². The van der Waals surface area contributed by atoms with Crippen molar-refractivity contribution in [2.24, 2.45) is 11.8 Å². The fourth-order valence-corrected chi connectivity index (χ4v) is 3.09. The minimum Gasteiger partial charge on any atom is -0.348 e. The Morgan fingerprint density at radius 3 is 2.88 bits per heavy atom. The summed E-state index contributed by atoms with van der Waals surface area (Å²) in [6, 6.07) is 2.13. The Balaban J connectivity index is 1.50. The number of hydrogen-bond acceptors (Lipinski definition) is 2. The van der Waals surface area contributed by atoms with Gasteiger partial charge in [0.25, 0.3) is 5.91 Å². The van der Waals surface area contributed by atoms with Crippen molar-refractivity contribution in [1.29, 1.82) is 0 Å². The van der Waals surface area contributed by atoms with E-state index in [1.54, 1.807) is 12.3 Å². The number of rotatable bonds is 3. The maximum atomic E-state index is 11.8. The molecular formula is C13H19N3O. The molecule has 0 saturated heterocycles. The molecule has 17 heavy (non-hydrogen) atoms. The highest BCUT2D eigenvalue weighted by molar-refractivity contribution is 5.92. The Morgan fingerprint density at radius 2 is 2.18 bits per heavy atom. The van der Waals surface area contributed by atoms with Crippen molar-refractivity contribution in [1.82, 2.24) is 15.5 Å². The van der Waals surface area contributed by atoms with Crippen LogP contribution in [0.25, 0.3) is 0 Å². The first-order chi connectivity index (χ1) is 8.34. The Hall–Kier alpha value is -1.32. The zero-order chi connectivity index (χ0) is 11.7. The summed E-state index contributed by atoms with van der Waals surface area (Å²) in [5.41, 5.74) is 0.569. The minimum absolute atomic E-state index is 0.00851. The van der Waals surface area contributed by atoms with E-state index in [-0.39, 0.29) is 5.91 Å². The predicted molar refractivity (Wildman–Crippen MR) is 64.5 cm³/mol. The number of H-pyrrole nitrogens is 1. The van der Waals surface area contributed by atoms with E-state index in [4.69, 9.17) is 0 Å². The standard InChI is InChI=1S/C13H19N3O/c17-13(11-6-7-14-16-11)15-12-8-10(12)9-4-2-1-3-5-9/h6-7,9-10,12H,1-5,8H2,(H,14,16)(H,15,17). The Kier molecular flexibility index (Phi) is 2.87. The largest absolute Gasteiger partial charge is 0.348 e. The van der Waals surface area contributed by atoms with Crippen LogP contribution in [0.15, 0.2) is 12.3 Å². The van der Waals surface area contributed by atoms with E-state index in [9.17, 15) is 4.79 Å². The summed E-state index contributed by atoms with van der Waals surface area (Å²) in [7, 11) is 0. The summed E-state index contributed by atoms with van der Waals surface area (Å²) < 4.78 is 0. The normalized spacial score (nSPS) is 28.9. The summed E-state index contributed by atoms with van der Waals surface area (Å²) in [6.45, 7) is 0. The van der Waals surface area contributed by atoms with Crippen molar-refractivity contribution < 1.29 is 4.79 Å². The summed E-state index contributed by atoms with van der Waals surface area (Å²) in [5, 5.41) is 9.59. The molecule has 0 aromatic carbocycles. The topological polar surface area (TPSA) is 57.8 Å². The SMILES string of the molecule is O=C(NC1CC1C1CCCCC1)c1ccn[nH]1. The minimum atomic E-state index is -0.00851. The average molecular weight is 233 g/mol. The van der Waals surface area contributed by atoms with Crippen LogP contribution in [0.3, 0.4) is 0 Å². The van der Waals surface area contributed by atoms with Gasteiger partial charge in [0, 0.05) is 12.2 Å². The fourth-order valence-electron chi connectivity index (χ4n) is 3.09. The molecule has 1 amide bonds. The molecule has 0 bridgehead atoms. The van der Waals surface area contributed by atoms with E-state index in [0.29, 0.717) is 11.7 Å². The summed E-state index contributed by atoms with van der Waals surface area (Å²) >= 11 is 0. The molecule has 1 heterocycles. The zero-order valence-corrected chi connectivity index (χ0v) is 9.98. The molecule has 0 spiro atoms. The zero-order valence-electron chi connectivity index (χ0n) is 9.98. The van der Waals surface area contributed by atoms with Crippen LogP contribution in [0, 0.1) is 11.8 Å². The van der Waals surface area contributed by atoms with Crippen LogP contribution in [0.1, 0.15) is 49.0 Å². The molecule has 2 atom stereocenters. The van der Waals surface area contributed by atoms with Crippen molar-refractivity contribution in [2.75, 3.05) is 0 Å². The number of aromatic nitrogens is 2. The van der Waals surface area contributed by atoms with E-state index in [0.717, 1.165) is 11.8 Å². The fraction of sp³-hybridized carbons (Fsp3) is 0.692. The number of carbonyl (C=O) groups is 1. The smallest absolute Gasteiger partial charge is 0.269 e. The highest BCUT2D eigenvalue weighted by Gasteiger charge is 2.43. The molecule has 2 fully saturated rings. The molecule has 2 saturated carbocycles. The van der Waals surface area contributed by atoms with Gasteiger partial charge < -0.3 is 5.32 Å². The first kappa shape index (κ1) is 10.8. The Labute approximate surface area is 101 Å². The quantitative estimate of drug-likeness (QED) is 0.840. The van der Waals surface area contributed by atoms with Gasteiger partial charge in [-0.3, -0.25) is 9.89 Å². The van der Waals surface area contributed by atoms with Gasteiger partial charge in [-0.15, -0.1) is 0 Å². The molecule has 0 aliphatic heterocycles. The molecule has 4 heteroatoms. The van der Waals surface area contributed by atoms with Gasteiger partial charge in [-0.1, -0.05) is 32.1 Å². The second-order valence-corrected chi connectivity index (χ2v) is 5.35. The number of hydrogen-bond donors (Lipinski definition) is 2. The molecular weight excluding hydrogens is 214 g/mol. The third-order valence-electron chi connectivity index (χ3n) is 4.16. The lowest BCUT2D eigenvalue weighted by Gasteiger charge is -2.21. The van der Waals surface area contributed by atoms with Crippen molar-refractivity contribution in [3.8, 4) is 0 Å². The molecule has 2 aliphatic carbocycles. The van der Waals surface area contributed by atoms with E-state index < -0.39 is 0 Å². The van der Waals surface area contributed by atoms with Crippen molar-refractivity contribution in [3.05, 3.63) is 18.0 Å². The van der Waals surface area contributed by atoms with Crippen molar-refractivity contribution in [3.63, 3.8) is 0 Å². The monoisotopic (exact) mass is 233 g/mol. The van der Waals surface area contributed by atoms with Crippen LogP contribution in [-0.2, 0) is 0 Å². The lowest BCUT2D eigenvalue weighted by Crippen LogP contribution is -2.28. The van der Waals surface area contributed by atoms with Gasteiger partial charge >= 0.3 is 0 Å². The van der Waals surface area contributed by atoms with Gasteiger partial charge in [0.15, 0.2) is 0 Å². The molecule has 2 N–H and O–H groups in total. The van der Waals surface area contributed by atoms with Crippen molar-refractivity contribution >= 4 is 5.91 Å². The predicted octanol–water partition coefficient (Wildman–Crippen LogP) is 2.11. The highest BCUT2D eigenvalue weighted by atomic mass is 16.2. The second kappa shape index (κ2) is 4.51. The maximum Gasteiger partial charge on any atom is 0.269 e. The van der Waals surface area contributed by atoms with Gasteiger partial charge in [0.2, 0.25) is 0 Å². The third-order valence-corrected chi connectivity index (χ3v) is 4.16. The molecule has 0 radical (unpaired) electrons. The van der Waals surface area contributed by atoms with E-state index in [2.05, 4.69) is 15.5 Å². The van der Waals surface area contributed by atoms with E-state index >= 15 is 0 Å². The molecule has 92 valence electrons. The number of nitrogens with one attached hydrogen (secondary N) is 2. The number of aromatic amines is 1. The first-order valence-electron chi connectivity index (χ1n) is 6.65. The number of amides is 1. The third kappa shape index (κ3) is 2.35.